The van der Waals surface area contributed by atoms with Gasteiger partial charge in [0.2, 0.25) is 5.91 Å². The first-order valence-corrected chi connectivity index (χ1v) is 4.60. The molecule has 1 aromatic rings. The van der Waals surface area contributed by atoms with Gasteiger partial charge in [-0.2, -0.15) is 0 Å². The van der Waals surface area contributed by atoms with Gasteiger partial charge in [0, 0.05) is 18.2 Å². The first-order chi connectivity index (χ1) is 6.97. The molecule has 0 radical (unpaired) electrons. The van der Waals surface area contributed by atoms with Gasteiger partial charge in [0.15, 0.2) is 0 Å². The Bertz CT molecular complexity index is 425. The standard InChI is InChI=1S/C11H14N2O2/c1-6-4-7(2)9(11(15)13-3)5-8(6)10(12)14/h4-5H,1-3H3,(H2,12,14)(H,13,15). The molecule has 1 rings (SSSR count). The van der Waals surface area contributed by atoms with Gasteiger partial charge in [-0.15, -0.1) is 0 Å². The Labute approximate surface area is 88.5 Å². The van der Waals surface area contributed by atoms with Gasteiger partial charge in [-0.3, -0.25) is 9.59 Å². The summed E-state index contributed by atoms with van der Waals surface area (Å²) in [6.07, 6.45) is 0. The summed E-state index contributed by atoms with van der Waals surface area (Å²) in [5.41, 5.74) is 7.69. The summed E-state index contributed by atoms with van der Waals surface area (Å²) < 4.78 is 0. The number of hydrogen-bond donors (Lipinski definition) is 2. The molecule has 0 heterocycles. The molecular formula is C11H14N2O2. The highest BCUT2D eigenvalue weighted by molar-refractivity contribution is 6.00. The van der Waals surface area contributed by atoms with Crippen LogP contribution in [-0.2, 0) is 0 Å². The number of nitrogens with one attached hydrogen (secondary N) is 1. The highest BCUT2D eigenvalue weighted by atomic mass is 16.2. The normalized spacial score (nSPS) is 9.80. The molecule has 0 aromatic heterocycles. The van der Waals surface area contributed by atoms with E-state index < -0.39 is 5.91 Å². The molecule has 4 heteroatoms. The second kappa shape index (κ2) is 4.13. The van der Waals surface area contributed by atoms with Crippen LogP contribution >= 0.6 is 0 Å². The van der Waals surface area contributed by atoms with Gasteiger partial charge in [0.05, 0.1) is 0 Å². The van der Waals surface area contributed by atoms with E-state index in [1.165, 1.54) is 6.07 Å². The molecular weight excluding hydrogens is 192 g/mol. The lowest BCUT2D eigenvalue weighted by Crippen LogP contribution is -2.21. The van der Waals surface area contributed by atoms with Crippen LogP contribution in [0.5, 0.6) is 0 Å². The first-order valence-electron chi connectivity index (χ1n) is 4.60. The van der Waals surface area contributed by atoms with E-state index in [2.05, 4.69) is 5.32 Å². The maximum atomic E-state index is 11.5. The van der Waals surface area contributed by atoms with Crippen molar-refractivity contribution in [3.63, 3.8) is 0 Å². The lowest BCUT2D eigenvalue weighted by molar-refractivity contribution is 0.0962. The van der Waals surface area contributed by atoms with Crippen LogP contribution in [0, 0.1) is 13.8 Å². The van der Waals surface area contributed by atoms with E-state index in [-0.39, 0.29) is 5.91 Å². The van der Waals surface area contributed by atoms with Gasteiger partial charge in [-0.05, 0) is 31.0 Å². The molecule has 0 unspecified atom stereocenters. The van der Waals surface area contributed by atoms with Crippen molar-refractivity contribution in [3.8, 4) is 0 Å². The van der Waals surface area contributed by atoms with Crippen LogP contribution in [-0.4, -0.2) is 18.9 Å². The van der Waals surface area contributed by atoms with E-state index >= 15 is 0 Å². The van der Waals surface area contributed by atoms with Crippen molar-refractivity contribution >= 4 is 11.8 Å². The maximum absolute atomic E-state index is 11.5. The van der Waals surface area contributed by atoms with E-state index in [1.807, 2.05) is 6.92 Å². The quantitative estimate of drug-likeness (QED) is 0.749. The van der Waals surface area contributed by atoms with Gasteiger partial charge in [-0.25, -0.2) is 0 Å². The monoisotopic (exact) mass is 206 g/mol. The molecule has 0 fully saturated rings. The van der Waals surface area contributed by atoms with Gasteiger partial charge >= 0.3 is 0 Å². The molecule has 15 heavy (non-hydrogen) atoms. The molecule has 0 saturated carbocycles. The molecule has 1 aromatic carbocycles. The zero-order chi connectivity index (χ0) is 11.6. The molecule has 0 atom stereocenters. The third-order valence-corrected chi connectivity index (χ3v) is 2.31. The lowest BCUT2D eigenvalue weighted by atomic mass is 9.99. The van der Waals surface area contributed by atoms with E-state index in [1.54, 1.807) is 20.0 Å². The van der Waals surface area contributed by atoms with E-state index in [0.29, 0.717) is 11.1 Å². The first kappa shape index (κ1) is 11.2. The third-order valence-electron chi connectivity index (χ3n) is 2.31. The predicted octanol–water partition coefficient (Wildman–Crippen LogP) is 0.762. The van der Waals surface area contributed by atoms with E-state index in [0.717, 1.165) is 11.1 Å². The molecule has 0 spiro atoms. The highest BCUT2D eigenvalue weighted by Gasteiger charge is 2.12. The molecule has 0 aliphatic rings. The fourth-order valence-electron chi connectivity index (χ4n) is 1.50. The molecule has 0 saturated heterocycles. The second-order valence-corrected chi connectivity index (χ2v) is 3.43. The number of benzene rings is 1. The molecule has 2 amide bonds. The van der Waals surface area contributed by atoms with Crippen molar-refractivity contribution in [2.24, 2.45) is 5.73 Å². The van der Waals surface area contributed by atoms with Crippen molar-refractivity contribution in [1.29, 1.82) is 0 Å². The van der Waals surface area contributed by atoms with Crippen molar-refractivity contribution in [2.45, 2.75) is 13.8 Å². The Balaban J connectivity index is 3.36. The van der Waals surface area contributed by atoms with Gasteiger partial charge in [0.1, 0.15) is 0 Å². The average Bonchev–Trinajstić information content (AvgIpc) is 2.16. The van der Waals surface area contributed by atoms with Crippen molar-refractivity contribution < 1.29 is 9.59 Å². The zero-order valence-electron chi connectivity index (χ0n) is 9.05. The Morgan fingerprint density at radius 1 is 1.13 bits per heavy atom. The average molecular weight is 206 g/mol. The Kier molecular flexibility index (Phi) is 3.09. The number of nitrogens with two attached hydrogens (primary N) is 1. The van der Waals surface area contributed by atoms with Crippen LogP contribution in [0.25, 0.3) is 0 Å². The number of primary amides is 1. The minimum absolute atomic E-state index is 0.213. The van der Waals surface area contributed by atoms with Crippen LogP contribution in [0.15, 0.2) is 12.1 Å². The number of hydrogen-bond acceptors (Lipinski definition) is 2. The molecule has 80 valence electrons. The predicted molar refractivity (Wildman–Crippen MR) is 57.8 cm³/mol. The minimum Gasteiger partial charge on any atom is -0.366 e. The van der Waals surface area contributed by atoms with Crippen LogP contribution < -0.4 is 11.1 Å². The number of carbonyl (C=O) groups excluding carboxylic acids is 2. The smallest absolute Gasteiger partial charge is 0.251 e. The number of rotatable bonds is 2. The molecule has 4 nitrogen and oxygen atoms in total. The zero-order valence-corrected chi connectivity index (χ0v) is 9.05. The summed E-state index contributed by atoms with van der Waals surface area (Å²) in [7, 11) is 1.55. The highest BCUT2D eigenvalue weighted by Crippen LogP contribution is 2.15. The summed E-state index contributed by atoms with van der Waals surface area (Å²) in [5, 5.41) is 2.52. The summed E-state index contributed by atoms with van der Waals surface area (Å²) in [6, 6.07) is 3.32. The van der Waals surface area contributed by atoms with Crippen LogP contribution in [0.4, 0.5) is 0 Å². The Morgan fingerprint density at radius 3 is 2.13 bits per heavy atom. The molecule has 0 bridgehead atoms. The van der Waals surface area contributed by atoms with Crippen LogP contribution in [0.3, 0.4) is 0 Å². The maximum Gasteiger partial charge on any atom is 0.251 e. The summed E-state index contributed by atoms with van der Waals surface area (Å²) in [5.74, 6) is -0.729. The van der Waals surface area contributed by atoms with Gasteiger partial charge in [-0.1, -0.05) is 6.07 Å². The Morgan fingerprint density at radius 2 is 1.67 bits per heavy atom. The van der Waals surface area contributed by atoms with Crippen molar-refractivity contribution in [3.05, 3.63) is 34.4 Å². The summed E-state index contributed by atoms with van der Waals surface area (Å²) in [4.78, 5) is 22.5. The van der Waals surface area contributed by atoms with Crippen LogP contribution in [0.1, 0.15) is 31.8 Å². The molecule has 0 aliphatic heterocycles. The minimum atomic E-state index is -0.516. The second-order valence-electron chi connectivity index (χ2n) is 3.43. The number of amides is 2. The van der Waals surface area contributed by atoms with E-state index in [4.69, 9.17) is 5.73 Å². The van der Waals surface area contributed by atoms with Crippen LogP contribution in [0.2, 0.25) is 0 Å². The van der Waals surface area contributed by atoms with E-state index in [9.17, 15) is 9.59 Å². The summed E-state index contributed by atoms with van der Waals surface area (Å²) >= 11 is 0. The largest absolute Gasteiger partial charge is 0.366 e. The van der Waals surface area contributed by atoms with Crippen molar-refractivity contribution in [1.82, 2.24) is 5.32 Å². The van der Waals surface area contributed by atoms with Gasteiger partial charge in [0.25, 0.3) is 5.91 Å². The number of aryl methyl sites for hydroxylation is 2. The summed E-state index contributed by atoms with van der Waals surface area (Å²) in [6.45, 7) is 3.61. The molecule has 3 N–H and O–H groups in total. The fraction of sp³-hybridized carbons (Fsp3) is 0.273. The topological polar surface area (TPSA) is 72.2 Å². The SMILES string of the molecule is CNC(=O)c1cc(C(N)=O)c(C)cc1C. The van der Waals surface area contributed by atoms with Crippen molar-refractivity contribution in [2.75, 3.05) is 7.05 Å². The van der Waals surface area contributed by atoms with Gasteiger partial charge < -0.3 is 11.1 Å². The lowest BCUT2D eigenvalue weighted by Gasteiger charge is -2.08. The number of carbonyl (C=O) groups is 2. The Hall–Kier alpha value is -1.84. The third kappa shape index (κ3) is 2.15. The molecule has 0 aliphatic carbocycles. The fourth-order valence-corrected chi connectivity index (χ4v) is 1.50.